The number of halogens is 4. The number of rotatable bonds is 10. The zero-order chi connectivity index (χ0) is 25.8. The summed E-state index contributed by atoms with van der Waals surface area (Å²) in [5.74, 6) is -2.78. The average Bonchev–Trinajstić information content (AvgIpc) is 2.81. The van der Waals surface area contributed by atoms with Gasteiger partial charge >= 0.3 is 5.97 Å². The van der Waals surface area contributed by atoms with Crippen LogP contribution in [0.3, 0.4) is 0 Å². The monoisotopic (exact) mass is 566 g/mol. The van der Waals surface area contributed by atoms with Crippen molar-refractivity contribution in [3.63, 3.8) is 0 Å². The molecule has 0 radical (unpaired) electrons. The first-order valence-electron chi connectivity index (χ1n) is 11.3. The smallest absolute Gasteiger partial charge is 0.303 e. The van der Waals surface area contributed by atoms with Gasteiger partial charge in [0.2, 0.25) is 0 Å². The van der Waals surface area contributed by atoms with E-state index >= 15 is 0 Å². The molecular weight excluding hydrogens is 542 g/mol. The third kappa shape index (κ3) is 6.16. The fourth-order valence-corrected chi connectivity index (χ4v) is 4.91. The van der Waals surface area contributed by atoms with Crippen LogP contribution in [0.25, 0.3) is 10.9 Å². The molecule has 3 rings (SSSR count). The summed E-state index contributed by atoms with van der Waals surface area (Å²) in [4.78, 5) is 29.3. The molecule has 0 aliphatic heterocycles. The summed E-state index contributed by atoms with van der Waals surface area (Å²) in [6, 6.07) is 8.44. The SMILES string of the molecule is CCCCC(CCC(=O)O)(CNC(=O)c1c(C)c(Cl)nc2ccc(Br)cc12)c1cc(F)ccc1F. The van der Waals surface area contributed by atoms with E-state index in [1.807, 2.05) is 6.92 Å². The predicted molar refractivity (Wildman–Crippen MR) is 136 cm³/mol. The van der Waals surface area contributed by atoms with Gasteiger partial charge in [-0.1, -0.05) is 47.3 Å². The summed E-state index contributed by atoms with van der Waals surface area (Å²) in [7, 11) is 0. The number of carbonyl (C=O) groups is 2. The Balaban J connectivity index is 2.06. The number of nitrogens with one attached hydrogen (secondary N) is 1. The Kier molecular flexibility index (Phi) is 8.83. The zero-order valence-electron chi connectivity index (χ0n) is 19.4. The molecule has 5 nitrogen and oxygen atoms in total. The number of hydrogen-bond donors (Lipinski definition) is 2. The van der Waals surface area contributed by atoms with E-state index in [0.717, 1.165) is 29.1 Å². The van der Waals surface area contributed by atoms with Crippen molar-refractivity contribution in [2.75, 3.05) is 6.54 Å². The van der Waals surface area contributed by atoms with Crippen LogP contribution in [0.15, 0.2) is 40.9 Å². The van der Waals surface area contributed by atoms with Crippen LogP contribution < -0.4 is 5.32 Å². The molecule has 1 atom stereocenters. The maximum Gasteiger partial charge on any atom is 0.303 e. The Morgan fingerprint density at radius 3 is 2.60 bits per heavy atom. The van der Waals surface area contributed by atoms with Crippen LogP contribution in [-0.2, 0) is 10.2 Å². The highest BCUT2D eigenvalue weighted by Crippen LogP contribution is 2.37. The molecule has 0 aliphatic rings. The number of carbonyl (C=O) groups excluding carboxylic acids is 1. The lowest BCUT2D eigenvalue weighted by atomic mass is 9.72. The quantitative estimate of drug-likeness (QED) is 0.260. The van der Waals surface area contributed by atoms with Gasteiger partial charge in [-0.25, -0.2) is 13.8 Å². The van der Waals surface area contributed by atoms with Crippen LogP contribution in [0.1, 0.15) is 60.5 Å². The molecule has 0 saturated carbocycles. The Labute approximate surface area is 216 Å². The Morgan fingerprint density at radius 1 is 1.17 bits per heavy atom. The van der Waals surface area contributed by atoms with Crippen LogP contribution in [0.2, 0.25) is 5.15 Å². The van der Waals surface area contributed by atoms with E-state index in [1.165, 1.54) is 0 Å². The Bertz CT molecular complexity index is 1270. The molecule has 1 amide bonds. The summed E-state index contributed by atoms with van der Waals surface area (Å²) in [5.41, 5.74) is 0.287. The third-order valence-electron chi connectivity index (χ3n) is 6.27. The lowest BCUT2D eigenvalue weighted by Gasteiger charge is -2.35. The van der Waals surface area contributed by atoms with E-state index in [9.17, 15) is 23.5 Å². The van der Waals surface area contributed by atoms with Gasteiger partial charge in [0.05, 0.1) is 11.1 Å². The second-order valence-electron chi connectivity index (χ2n) is 8.65. The van der Waals surface area contributed by atoms with Gasteiger partial charge in [0, 0.05) is 28.2 Å². The van der Waals surface area contributed by atoms with E-state index in [0.29, 0.717) is 34.9 Å². The summed E-state index contributed by atoms with van der Waals surface area (Å²) in [5, 5.41) is 13.0. The average molecular weight is 568 g/mol. The molecule has 9 heteroatoms. The molecule has 0 spiro atoms. The molecular formula is C26H26BrClF2N2O3. The van der Waals surface area contributed by atoms with Crippen molar-refractivity contribution in [1.29, 1.82) is 0 Å². The molecule has 0 fully saturated rings. The van der Waals surface area contributed by atoms with Crippen molar-refractivity contribution in [3.05, 3.63) is 74.3 Å². The molecule has 0 saturated heterocycles. The highest BCUT2D eigenvalue weighted by Gasteiger charge is 2.36. The van der Waals surface area contributed by atoms with E-state index in [-0.39, 0.29) is 30.1 Å². The van der Waals surface area contributed by atoms with Crippen LogP contribution in [0.4, 0.5) is 8.78 Å². The van der Waals surface area contributed by atoms with E-state index in [4.69, 9.17) is 11.6 Å². The molecule has 1 aromatic heterocycles. The van der Waals surface area contributed by atoms with Crippen LogP contribution in [-0.4, -0.2) is 28.5 Å². The number of hydrogen-bond acceptors (Lipinski definition) is 3. The van der Waals surface area contributed by atoms with Crippen molar-refractivity contribution in [2.45, 2.75) is 51.4 Å². The Hall–Kier alpha value is -2.58. The predicted octanol–water partition coefficient (Wildman–Crippen LogP) is 6.96. The maximum atomic E-state index is 15.0. The normalized spacial score (nSPS) is 13.0. The van der Waals surface area contributed by atoms with E-state index < -0.39 is 28.9 Å². The molecule has 1 heterocycles. The van der Waals surface area contributed by atoms with Gasteiger partial charge < -0.3 is 10.4 Å². The van der Waals surface area contributed by atoms with Gasteiger partial charge in [-0.3, -0.25) is 9.59 Å². The van der Waals surface area contributed by atoms with E-state index in [1.54, 1.807) is 25.1 Å². The first-order valence-corrected chi connectivity index (χ1v) is 12.5. The zero-order valence-corrected chi connectivity index (χ0v) is 21.8. The van der Waals surface area contributed by atoms with Gasteiger partial charge in [0.15, 0.2) is 0 Å². The molecule has 0 bridgehead atoms. The van der Waals surface area contributed by atoms with Crippen molar-refractivity contribution in [1.82, 2.24) is 10.3 Å². The van der Waals surface area contributed by atoms with Gasteiger partial charge in [-0.2, -0.15) is 0 Å². The van der Waals surface area contributed by atoms with E-state index in [2.05, 4.69) is 26.2 Å². The topological polar surface area (TPSA) is 79.3 Å². The largest absolute Gasteiger partial charge is 0.481 e. The van der Waals surface area contributed by atoms with Crippen LogP contribution >= 0.6 is 27.5 Å². The number of benzene rings is 2. The van der Waals surface area contributed by atoms with Gasteiger partial charge in [-0.05, 0) is 67.3 Å². The van der Waals surface area contributed by atoms with Crippen molar-refractivity contribution in [3.8, 4) is 0 Å². The van der Waals surface area contributed by atoms with Crippen molar-refractivity contribution in [2.24, 2.45) is 0 Å². The second-order valence-corrected chi connectivity index (χ2v) is 9.92. The second kappa shape index (κ2) is 11.4. The van der Waals surface area contributed by atoms with Crippen LogP contribution in [0.5, 0.6) is 0 Å². The van der Waals surface area contributed by atoms with Gasteiger partial charge in [0.1, 0.15) is 16.8 Å². The number of fused-ring (bicyclic) bond motifs is 1. The number of nitrogens with zero attached hydrogens (tertiary/aromatic N) is 1. The third-order valence-corrected chi connectivity index (χ3v) is 7.13. The van der Waals surface area contributed by atoms with Crippen LogP contribution in [0, 0.1) is 18.6 Å². The first-order chi connectivity index (χ1) is 16.6. The Morgan fingerprint density at radius 2 is 1.91 bits per heavy atom. The summed E-state index contributed by atoms with van der Waals surface area (Å²) in [6.07, 6.45) is 1.55. The molecule has 2 N–H and O–H groups in total. The number of pyridine rings is 1. The van der Waals surface area contributed by atoms with Crippen molar-refractivity contribution < 1.29 is 23.5 Å². The lowest BCUT2D eigenvalue weighted by Crippen LogP contribution is -2.42. The summed E-state index contributed by atoms with van der Waals surface area (Å²) in [6.45, 7) is 3.56. The fraction of sp³-hybridized carbons (Fsp3) is 0.346. The molecule has 186 valence electrons. The minimum Gasteiger partial charge on any atom is -0.481 e. The number of aromatic nitrogens is 1. The fourth-order valence-electron chi connectivity index (χ4n) is 4.36. The summed E-state index contributed by atoms with van der Waals surface area (Å²) >= 11 is 9.71. The number of carboxylic acid groups (broad SMARTS) is 1. The highest BCUT2D eigenvalue weighted by molar-refractivity contribution is 9.10. The first kappa shape index (κ1) is 27.0. The molecule has 35 heavy (non-hydrogen) atoms. The molecule has 3 aromatic rings. The number of unbranched alkanes of at least 4 members (excludes halogenated alkanes) is 1. The lowest BCUT2D eigenvalue weighted by molar-refractivity contribution is -0.137. The number of aliphatic carboxylic acids is 1. The summed E-state index contributed by atoms with van der Waals surface area (Å²) < 4.78 is 29.9. The molecule has 0 aliphatic carbocycles. The number of carboxylic acids is 1. The van der Waals surface area contributed by atoms with Gasteiger partial charge in [-0.15, -0.1) is 0 Å². The molecule has 2 aromatic carbocycles. The molecule has 1 unspecified atom stereocenters. The minimum absolute atomic E-state index is 0.0331. The minimum atomic E-state index is -1.11. The highest BCUT2D eigenvalue weighted by atomic mass is 79.9. The number of amides is 1. The van der Waals surface area contributed by atoms with Crippen molar-refractivity contribution >= 4 is 50.3 Å². The van der Waals surface area contributed by atoms with Gasteiger partial charge in [0.25, 0.3) is 5.91 Å². The maximum absolute atomic E-state index is 15.0. The standard InChI is InChI=1S/C26H26BrClF2N2O3/c1-3-4-10-26(11-9-22(33)34,19-13-17(29)6-7-20(19)30)14-31-25(35)23-15(2)24(28)32-21-8-5-16(27)12-18(21)23/h5-8,12-13H,3-4,9-11,14H2,1-2H3,(H,31,35)(H,33,34).